The number of hydrogen-bond acceptors (Lipinski definition) is 4. The van der Waals surface area contributed by atoms with Crippen molar-refractivity contribution in [3.63, 3.8) is 0 Å². The van der Waals surface area contributed by atoms with Crippen LogP contribution in [0.1, 0.15) is 62.8 Å². The van der Waals surface area contributed by atoms with Gasteiger partial charge in [0.15, 0.2) is 5.60 Å². The number of anilines is 1. The van der Waals surface area contributed by atoms with Crippen LogP contribution in [0, 0.1) is 13.8 Å². The number of nitrogens with zero attached hydrogens (tertiary/aromatic N) is 2. The first-order chi connectivity index (χ1) is 15.5. The summed E-state index contributed by atoms with van der Waals surface area (Å²) in [6, 6.07) is 12.3. The first-order valence-corrected chi connectivity index (χ1v) is 11.7. The lowest BCUT2D eigenvalue weighted by atomic mass is 10.0. The fourth-order valence-electron chi connectivity index (χ4n) is 4.12. The predicted molar refractivity (Wildman–Crippen MR) is 131 cm³/mol. The van der Waals surface area contributed by atoms with Gasteiger partial charge < -0.3 is 14.4 Å². The molecule has 0 saturated carbocycles. The lowest BCUT2D eigenvalue weighted by Gasteiger charge is -2.27. The van der Waals surface area contributed by atoms with Gasteiger partial charge in [-0.25, -0.2) is 9.59 Å². The maximum Gasteiger partial charge on any atom is 0.349 e. The molecular formula is C27H36N2O4. The van der Waals surface area contributed by atoms with E-state index in [1.165, 1.54) is 5.56 Å². The Morgan fingerprint density at radius 3 is 2.21 bits per heavy atom. The van der Waals surface area contributed by atoms with E-state index in [9.17, 15) is 9.59 Å². The number of carbonyl (C=O) groups is 2. The van der Waals surface area contributed by atoms with E-state index in [2.05, 4.69) is 26.0 Å². The summed E-state index contributed by atoms with van der Waals surface area (Å²) in [6.45, 7) is 15.6. The molecule has 0 aromatic heterocycles. The molecular weight excluding hydrogens is 416 g/mol. The van der Waals surface area contributed by atoms with Gasteiger partial charge in [0.1, 0.15) is 5.75 Å². The Hall–Kier alpha value is -3.02. The second-order valence-corrected chi connectivity index (χ2v) is 9.49. The molecule has 0 aliphatic carbocycles. The molecule has 2 aromatic rings. The van der Waals surface area contributed by atoms with Crippen molar-refractivity contribution in [2.75, 3.05) is 24.6 Å². The average Bonchev–Trinajstić information content (AvgIpc) is 3.11. The van der Waals surface area contributed by atoms with Crippen LogP contribution in [0.15, 0.2) is 36.4 Å². The van der Waals surface area contributed by atoms with Gasteiger partial charge in [-0.05, 0) is 74.9 Å². The van der Waals surface area contributed by atoms with E-state index in [-0.39, 0.29) is 6.03 Å². The quantitative estimate of drug-likeness (QED) is 0.490. The SMILES string of the molecule is CCOC(=O)C(C)(C)Oc1c(C)cc(CN2CCN(c3ccc(C(C)C)cc3)C2=O)cc1C. The minimum atomic E-state index is -1.08. The first kappa shape index (κ1) is 24.6. The number of aryl methyl sites for hydroxylation is 2. The Labute approximate surface area is 197 Å². The molecule has 0 radical (unpaired) electrons. The van der Waals surface area contributed by atoms with Crippen molar-refractivity contribution in [2.24, 2.45) is 0 Å². The van der Waals surface area contributed by atoms with Gasteiger partial charge in [-0.3, -0.25) is 4.90 Å². The zero-order valence-electron chi connectivity index (χ0n) is 20.9. The molecule has 0 unspecified atom stereocenters. The fourth-order valence-corrected chi connectivity index (χ4v) is 4.12. The van der Waals surface area contributed by atoms with Crippen LogP contribution in [0.4, 0.5) is 10.5 Å². The number of benzene rings is 2. The van der Waals surface area contributed by atoms with Crippen LogP contribution in [-0.4, -0.2) is 42.2 Å². The highest BCUT2D eigenvalue weighted by Gasteiger charge is 2.33. The molecule has 1 aliphatic heterocycles. The highest BCUT2D eigenvalue weighted by atomic mass is 16.6. The Kier molecular flexibility index (Phi) is 7.35. The average molecular weight is 453 g/mol. The van der Waals surface area contributed by atoms with Crippen molar-refractivity contribution in [1.82, 2.24) is 4.90 Å². The normalized spacial score (nSPS) is 14.2. The van der Waals surface area contributed by atoms with Gasteiger partial charge in [0.2, 0.25) is 0 Å². The van der Waals surface area contributed by atoms with Crippen LogP contribution >= 0.6 is 0 Å². The Morgan fingerprint density at radius 1 is 1.06 bits per heavy atom. The highest BCUT2D eigenvalue weighted by Crippen LogP contribution is 2.30. The molecule has 178 valence electrons. The number of urea groups is 1. The smallest absolute Gasteiger partial charge is 0.349 e. The third-order valence-corrected chi connectivity index (χ3v) is 5.98. The summed E-state index contributed by atoms with van der Waals surface area (Å²) in [5.41, 5.74) is 4.01. The third-order valence-electron chi connectivity index (χ3n) is 5.98. The van der Waals surface area contributed by atoms with Gasteiger partial charge in [-0.2, -0.15) is 0 Å². The molecule has 0 bridgehead atoms. The number of carbonyl (C=O) groups excluding carboxylic acids is 2. The number of hydrogen-bond donors (Lipinski definition) is 0. The van der Waals surface area contributed by atoms with Crippen LogP contribution in [-0.2, 0) is 16.1 Å². The topological polar surface area (TPSA) is 59.1 Å². The lowest BCUT2D eigenvalue weighted by Crippen LogP contribution is -2.40. The predicted octanol–water partition coefficient (Wildman–Crippen LogP) is 5.59. The maximum absolute atomic E-state index is 13.1. The number of amides is 2. The molecule has 1 heterocycles. The molecule has 0 atom stereocenters. The Balaban J connectivity index is 1.71. The number of esters is 1. The second-order valence-electron chi connectivity index (χ2n) is 9.49. The standard InChI is InChI=1S/C27H36N2O4/c1-8-32-25(30)27(6,7)33-24-19(4)15-21(16-20(24)5)17-28-13-14-29(26(28)31)23-11-9-22(10-12-23)18(2)3/h9-12,15-16,18H,8,13-14,17H2,1-7H3. The molecule has 33 heavy (non-hydrogen) atoms. The number of ether oxygens (including phenoxy) is 2. The molecule has 0 spiro atoms. The summed E-state index contributed by atoms with van der Waals surface area (Å²) >= 11 is 0. The molecule has 1 fully saturated rings. The van der Waals surface area contributed by atoms with Gasteiger partial charge in [0.25, 0.3) is 0 Å². The number of rotatable bonds is 8. The van der Waals surface area contributed by atoms with Crippen molar-refractivity contribution in [1.29, 1.82) is 0 Å². The van der Waals surface area contributed by atoms with Crippen molar-refractivity contribution in [3.05, 3.63) is 58.7 Å². The largest absolute Gasteiger partial charge is 0.476 e. The summed E-state index contributed by atoms with van der Waals surface area (Å²) < 4.78 is 11.2. The fraction of sp³-hybridized carbons (Fsp3) is 0.481. The van der Waals surface area contributed by atoms with Crippen LogP contribution < -0.4 is 9.64 Å². The minimum Gasteiger partial charge on any atom is -0.476 e. The van der Waals surface area contributed by atoms with Gasteiger partial charge in [-0.1, -0.05) is 38.1 Å². The summed E-state index contributed by atoms with van der Waals surface area (Å²) in [6.07, 6.45) is 0. The van der Waals surface area contributed by atoms with Crippen LogP contribution in [0.5, 0.6) is 5.75 Å². The summed E-state index contributed by atoms with van der Waals surface area (Å²) in [5.74, 6) is 0.750. The second kappa shape index (κ2) is 9.86. The van der Waals surface area contributed by atoms with E-state index in [4.69, 9.17) is 9.47 Å². The zero-order chi connectivity index (χ0) is 24.3. The molecule has 0 N–H and O–H groups in total. The summed E-state index contributed by atoms with van der Waals surface area (Å²) in [7, 11) is 0. The van der Waals surface area contributed by atoms with Crippen molar-refractivity contribution >= 4 is 17.7 Å². The van der Waals surface area contributed by atoms with Crippen molar-refractivity contribution in [2.45, 2.75) is 66.5 Å². The van der Waals surface area contributed by atoms with E-state index in [1.54, 1.807) is 20.8 Å². The molecule has 6 heteroatoms. The monoisotopic (exact) mass is 452 g/mol. The minimum absolute atomic E-state index is 0.0198. The maximum atomic E-state index is 13.1. The van der Waals surface area contributed by atoms with E-state index in [0.717, 1.165) is 22.4 Å². The van der Waals surface area contributed by atoms with Crippen LogP contribution in [0.2, 0.25) is 0 Å². The van der Waals surface area contributed by atoms with Gasteiger partial charge in [0.05, 0.1) is 6.61 Å². The summed E-state index contributed by atoms with van der Waals surface area (Å²) in [5, 5.41) is 0. The summed E-state index contributed by atoms with van der Waals surface area (Å²) in [4.78, 5) is 29.0. The van der Waals surface area contributed by atoms with Crippen molar-refractivity contribution in [3.8, 4) is 5.75 Å². The lowest BCUT2D eigenvalue weighted by molar-refractivity contribution is -0.158. The van der Waals surface area contributed by atoms with E-state index < -0.39 is 11.6 Å². The van der Waals surface area contributed by atoms with E-state index >= 15 is 0 Å². The zero-order valence-corrected chi connectivity index (χ0v) is 20.9. The molecule has 3 rings (SSSR count). The van der Waals surface area contributed by atoms with Crippen LogP contribution in [0.3, 0.4) is 0 Å². The Morgan fingerprint density at radius 2 is 1.67 bits per heavy atom. The van der Waals surface area contributed by atoms with Gasteiger partial charge >= 0.3 is 12.0 Å². The Bertz CT molecular complexity index is 988. The molecule has 1 aliphatic rings. The molecule has 6 nitrogen and oxygen atoms in total. The highest BCUT2D eigenvalue weighted by molar-refractivity contribution is 5.94. The van der Waals surface area contributed by atoms with E-state index in [1.807, 2.05) is 47.9 Å². The molecule has 2 amide bonds. The molecule has 2 aromatic carbocycles. The van der Waals surface area contributed by atoms with Gasteiger partial charge in [0, 0.05) is 25.3 Å². The van der Waals surface area contributed by atoms with Crippen LogP contribution in [0.25, 0.3) is 0 Å². The third kappa shape index (κ3) is 5.49. The first-order valence-electron chi connectivity index (χ1n) is 11.7. The van der Waals surface area contributed by atoms with Gasteiger partial charge in [-0.15, -0.1) is 0 Å². The van der Waals surface area contributed by atoms with Crippen molar-refractivity contribution < 1.29 is 19.1 Å². The van der Waals surface area contributed by atoms with E-state index in [0.29, 0.717) is 37.9 Å². The molecule has 1 saturated heterocycles.